The summed E-state index contributed by atoms with van der Waals surface area (Å²) in [6.45, 7) is 0.481. The highest BCUT2D eigenvalue weighted by Crippen LogP contribution is 2.32. The molecule has 2 aromatic carbocycles. The Morgan fingerprint density at radius 1 is 0.919 bits per heavy atom. The maximum Gasteiger partial charge on any atom is 0.253 e. The molecular weight excluding hydrogens is 462 g/mol. The lowest BCUT2D eigenvalue weighted by Gasteiger charge is -2.37. The molecule has 2 aromatic heterocycles. The van der Waals surface area contributed by atoms with E-state index in [1.807, 2.05) is 60.7 Å². The summed E-state index contributed by atoms with van der Waals surface area (Å²) < 4.78 is 5.83. The van der Waals surface area contributed by atoms with Gasteiger partial charge in [-0.15, -0.1) is 0 Å². The van der Waals surface area contributed by atoms with Gasteiger partial charge in [0.1, 0.15) is 12.7 Å². The Labute approximate surface area is 215 Å². The van der Waals surface area contributed by atoms with Crippen LogP contribution in [-0.2, 0) is 16.1 Å². The van der Waals surface area contributed by atoms with Gasteiger partial charge in [-0.25, -0.2) is 9.97 Å². The van der Waals surface area contributed by atoms with Crippen molar-refractivity contribution in [1.29, 1.82) is 0 Å². The van der Waals surface area contributed by atoms with Gasteiger partial charge in [0.15, 0.2) is 0 Å². The van der Waals surface area contributed by atoms with E-state index in [-0.39, 0.29) is 18.6 Å². The van der Waals surface area contributed by atoms with Crippen molar-refractivity contribution in [3.05, 3.63) is 120 Å². The summed E-state index contributed by atoms with van der Waals surface area (Å²) in [4.78, 5) is 28.1. The van der Waals surface area contributed by atoms with Crippen LogP contribution in [0.3, 0.4) is 0 Å². The minimum Gasteiger partial charge on any atom is -0.362 e. The molecule has 37 heavy (non-hydrogen) atoms. The number of hydrogen-bond acceptors (Lipinski definition) is 6. The molecule has 1 fully saturated rings. The number of allylic oxidation sites excluding steroid dienone is 2. The largest absolute Gasteiger partial charge is 0.362 e. The van der Waals surface area contributed by atoms with E-state index in [1.54, 1.807) is 17.3 Å². The van der Waals surface area contributed by atoms with Crippen molar-refractivity contribution >= 4 is 23.1 Å². The Morgan fingerprint density at radius 3 is 2.65 bits per heavy atom. The predicted octanol–water partition coefficient (Wildman–Crippen LogP) is 5.38. The third kappa shape index (κ3) is 5.03. The highest BCUT2D eigenvalue weighted by Gasteiger charge is 2.33. The Balaban J connectivity index is 1.25. The second kappa shape index (κ2) is 10.2. The summed E-state index contributed by atoms with van der Waals surface area (Å²) >= 11 is 0. The van der Waals surface area contributed by atoms with E-state index in [4.69, 9.17) is 9.72 Å². The highest BCUT2D eigenvalue weighted by molar-refractivity contribution is 5.83. The third-order valence-electron chi connectivity index (χ3n) is 6.43. The summed E-state index contributed by atoms with van der Waals surface area (Å²) in [5.41, 5.74) is 6.54. The third-order valence-corrected chi connectivity index (χ3v) is 6.43. The van der Waals surface area contributed by atoms with Gasteiger partial charge in [0.25, 0.3) is 5.91 Å². The van der Waals surface area contributed by atoms with Crippen LogP contribution in [0.25, 0.3) is 16.7 Å². The lowest BCUT2D eigenvalue weighted by molar-refractivity contribution is -0.143. The molecule has 1 atom stereocenters. The fraction of sp³-hybridized carbons (Fsp3) is 0.133. The van der Waals surface area contributed by atoms with E-state index in [0.29, 0.717) is 18.9 Å². The molecule has 1 saturated heterocycles. The molecule has 4 aromatic rings. The number of amides is 1. The normalized spacial score (nSPS) is 17.0. The molecule has 0 spiro atoms. The maximum absolute atomic E-state index is 12.8. The number of rotatable bonds is 6. The van der Waals surface area contributed by atoms with Crippen LogP contribution in [0.2, 0.25) is 0 Å². The van der Waals surface area contributed by atoms with Gasteiger partial charge in [0.2, 0.25) is 5.95 Å². The van der Waals surface area contributed by atoms with Crippen LogP contribution in [0.15, 0.2) is 109 Å². The molecule has 3 heterocycles. The average molecular weight is 488 g/mol. The molecule has 7 nitrogen and oxygen atoms in total. The summed E-state index contributed by atoms with van der Waals surface area (Å²) in [6, 6.07) is 26.0. The Morgan fingerprint density at radius 2 is 1.78 bits per heavy atom. The van der Waals surface area contributed by atoms with Crippen LogP contribution in [0.5, 0.6) is 0 Å². The van der Waals surface area contributed by atoms with Crippen molar-refractivity contribution in [2.24, 2.45) is 0 Å². The molecule has 1 aliphatic carbocycles. The van der Waals surface area contributed by atoms with Crippen molar-refractivity contribution in [2.75, 3.05) is 11.9 Å². The fourth-order valence-corrected chi connectivity index (χ4v) is 4.59. The van der Waals surface area contributed by atoms with Crippen molar-refractivity contribution in [1.82, 2.24) is 19.9 Å². The van der Waals surface area contributed by atoms with Crippen molar-refractivity contribution in [2.45, 2.75) is 19.1 Å². The lowest BCUT2D eigenvalue weighted by Crippen LogP contribution is -2.44. The zero-order chi connectivity index (χ0) is 25.0. The molecule has 1 aliphatic heterocycles. The predicted molar refractivity (Wildman–Crippen MR) is 142 cm³/mol. The highest BCUT2D eigenvalue weighted by atomic mass is 16.5. The number of benzene rings is 2. The van der Waals surface area contributed by atoms with Crippen molar-refractivity contribution in [3.8, 4) is 11.1 Å². The first-order valence-corrected chi connectivity index (χ1v) is 12.2. The molecule has 1 N–H and O–H groups in total. The monoisotopic (exact) mass is 487 g/mol. The zero-order valence-electron chi connectivity index (χ0n) is 20.1. The smallest absolute Gasteiger partial charge is 0.253 e. The second-order valence-corrected chi connectivity index (χ2v) is 8.90. The van der Waals surface area contributed by atoms with Gasteiger partial charge in [0, 0.05) is 18.1 Å². The van der Waals surface area contributed by atoms with E-state index in [0.717, 1.165) is 39.5 Å². The fourth-order valence-electron chi connectivity index (χ4n) is 4.59. The standard InChI is InChI=1S/C30H25N5O2/c36-29-20-37-28-13-12-23(18-27(28)35(29)19-25-10-4-5-15-31-25)26-14-16-32-30(34-26)33-24-11-6-9-22(17-24)21-7-2-1-3-8-21/h1-12,14-18,28H,13,19-20H2,(H,32,33,34). The molecule has 2 aliphatic rings. The van der Waals surface area contributed by atoms with Crippen LogP contribution in [-0.4, -0.2) is 38.5 Å². The molecule has 1 unspecified atom stereocenters. The number of aromatic nitrogens is 3. The first-order chi connectivity index (χ1) is 18.2. The van der Waals surface area contributed by atoms with E-state index >= 15 is 0 Å². The van der Waals surface area contributed by atoms with E-state index in [1.165, 1.54) is 0 Å². The minimum absolute atomic E-state index is 0.0711. The number of nitrogens with one attached hydrogen (secondary N) is 1. The summed E-state index contributed by atoms with van der Waals surface area (Å²) in [7, 11) is 0. The van der Waals surface area contributed by atoms with Gasteiger partial charge in [0.05, 0.1) is 23.6 Å². The Hall–Kier alpha value is -4.62. The topological polar surface area (TPSA) is 80.2 Å². The first-order valence-electron chi connectivity index (χ1n) is 12.2. The van der Waals surface area contributed by atoms with Crippen LogP contribution < -0.4 is 5.32 Å². The first kappa shape index (κ1) is 22.8. The summed E-state index contributed by atoms with van der Waals surface area (Å²) in [5, 5.41) is 3.33. The number of fused-ring (bicyclic) bond motifs is 1. The lowest BCUT2D eigenvalue weighted by atomic mass is 9.97. The Kier molecular flexibility index (Phi) is 6.27. The van der Waals surface area contributed by atoms with Crippen molar-refractivity contribution in [3.63, 3.8) is 0 Å². The van der Waals surface area contributed by atoms with Gasteiger partial charge >= 0.3 is 0 Å². The van der Waals surface area contributed by atoms with E-state index in [2.05, 4.69) is 45.6 Å². The SMILES string of the molecule is O=C1COC2CC=C(c3ccnc(Nc4cccc(-c5ccccc5)c4)n3)C=C2N1Cc1ccccn1. The number of ether oxygens (including phenoxy) is 1. The molecular formula is C30H25N5O2. The number of carbonyl (C=O) groups excluding carboxylic acids is 1. The van der Waals surface area contributed by atoms with Crippen LogP contribution in [0.1, 0.15) is 17.8 Å². The number of anilines is 2. The zero-order valence-corrected chi connectivity index (χ0v) is 20.1. The number of morpholine rings is 1. The second-order valence-electron chi connectivity index (χ2n) is 8.90. The van der Waals surface area contributed by atoms with Crippen LogP contribution in [0.4, 0.5) is 11.6 Å². The quantitative estimate of drug-likeness (QED) is 0.393. The number of carbonyl (C=O) groups is 1. The number of nitrogens with zero attached hydrogens (tertiary/aromatic N) is 4. The number of hydrogen-bond donors (Lipinski definition) is 1. The molecule has 0 bridgehead atoms. The van der Waals surface area contributed by atoms with Crippen LogP contribution >= 0.6 is 0 Å². The maximum atomic E-state index is 12.8. The molecule has 7 heteroatoms. The summed E-state index contributed by atoms with van der Waals surface area (Å²) in [5.74, 6) is 0.434. The Bertz CT molecular complexity index is 1480. The van der Waals surface area contributed by atoms with Crippen molar-refractivity contribution < 1.29 is 9.53 Å². The summed E-state index contributed by atoms with van der Waals surface area (Å²) in [6.07, 6.45) is 8.08. The molecule has 182 valence electrons. The van der Waals surface area contributed by atoms with E-state index < -0.39 is 0 Å². The molecule has 0 radical (unpaired) electrons. The molecule has 6 rings (SSSR count). The van der Waals surface area contributed by atoms with Crippen LogP contribution in [0, 0.1) is 0 Å². The van der Waals surface area contributed by atoms with Gasteiger partial charge in [-0.05, 0) is 59.5 Å². The number of pyridine rings is 1. The average Bonchev–Trinajstić information content (AvgIpc) is 2.96. The molecule has 1 amide bonds. The van der Waals surface area contributed by atoms with Gasteiger partial charge in [-0.1, -0.05) is 54.6 Å². The molecule has 0 saturated carbocycles. The minimum atomic E-state index is -0.162. The van der Waals surface area contributed by atoms with E-state index in [9.17, 15) is 4.79 Å². The van der Waals surface area contributed by atoms with Gasteiger partial charge < -0.3 is 15.0 Å². The van der Waals surface area contributed by atoms with Gasteiger partial charge in [-0.3, -0.25) is 9.78 Å². The van der Waals surface area contributed by atoms with Gasteiger partial charge in [-0.2, -0.15) is 0 Å².